The number of nitrogens with one attached hydrogen (secondary N) is 1. The monoisotopic (exact) mass is 412 g/mol. The van der Waals surface area contributed by atoms with Crippen molar-refractivity contribution in [3.8, 4) is 11.5 Å². The van der Waals surface area contributed by atoms with Gasteiger partial charge in [-0.1, -0.05) is 12.1 Å². The molecular weight excluding hydrogens is 388 g/mol. The van der Waals surface area contributed by atoms with Crippen molar-refractivity contribution in [2.45, 2.75) is 25.3 Å². The van der Waals surface area contributed by atoms with Crippen molar-refractivity contribution < 1.29 is 29.0 Å². The van der Waals surface area contributed by atoms with Crippen LogP contribution in [0.3, 0.4) is 0 Å². The standard InChI is InChI=1S/C22H24N2O6/c1-29-18-4-2-3-5-19(18)30-14-21(26)24(17-10-11-17)13-12-20(25)23-16-8-6-15(7-9-16)22(27)28/h2-9,17H,10-14H2,1H3,(H,23,25)(H,27,28). The number of para-hydroxylation sites is 2. The van der Waals surface area contributed by atoms with E-state index in [0.717, 1.165) is 12.8 Å². The van der Waals surface area contributed by atoms with Crippen LogP contribution in [0.15, 0.2) is 48.5 Å². The third-order valence-corrected chi connectivity index (χ3v) is 4.72. The van der Waals surface area contributed by atoms with Gasteiger partial charge in [-0.05, 0) is 49.2 Å². The Bertz CT molecular complexity index is 908. The maximum absolute atomic E-state index is 12.6. The first-order chi connectivity index (χ1) is 14.5. The highest BCUT2D eigenvalue weighted by Gasteiger charge is 2.32. The molecule has 1 saturated carbocycles. The third-order valence-electron chi connectivity index (χ3n) is 4.72. The average molecular weight is 412 g/mol. The summed E-state index contributed by atoms with van der Waals surface area (Å²) in [6.45, 7) is 0.160. The highest BCUT2D eigenvalue weighted by atomic mass is 16.5. The summed E-state index contributed by atoms with van der Waals surface area (Å²) >= 11 is 0. The lowest BCUT2D eigenvalue weighted by Crippen LogP contribution is -2.38. The molecule has 0 spiro atoms. The number of aromatic carboxylic acids is 1. The van der Waals surface area contributed by atoms with E-state index in [1.54, 1.807) is 23.1 Å². The van der Waals surface area contributed by atoms with Gasteiger partial charge in [-0.15, -0.1) is 0 Å². The number of carbonyl (C=O) groups excluding carboxylic acids is 2. The zero-order chi connectivity index (χ0) is 21.5. The van der Waals surface area contributed by atoms with Gasteiger partial charge in [0.05, 0.1) is 12.7 Å². The summed E-state index contributed by atoms with van der Waals surface area (Å²) in [4.78, 5) is 37.5. The van der Waals surface area contributed by atoms with Crippen LogP contribution in [-0.2, 0) is 9.59 Å². The number of nitrogens with zero attached hydrogens (tertiary/aromatic N) is 1. The molecule has 0 saturated heterocycles. The smallest absolute Gasteiger partial charge is 0.335 e. The van der Waals surface area contributed by atoms with Crippen LogP contribution in [0.5, 0.6) is 11.5 Å². The van der Waals surface area contributed by atoms with Gasteiger partial charge in [0.25, 0.3) is 5.91 Å². The highest BCUT2D eigenvalue weighted by Crippen LogP contribution is 2.28. The fraction of sp³-hybridized carbons (Fsp3) is 0.318. The molecule has 8 heteroatoms. The van der Waals surface area contributed by atoms with E-state index in [1.807, 2.05) is 6.07 Å². The third kappa shape index (κ3) is 5.73. The summed E-state index contributed by atoms with van der Waals surface area (Å²) in [5, 5.41) is 11.6. The van der Waals surface area contributed by atoms with Crippen LogP contribution in [0.1, 0.15) is 29.6 Å². The topological polar surface area (TPSA) is 105 Å². The van der Waals surface area contributed by atoms with Crippen molar-refractivity contribution in [2.75, 3.05) is 25.6 Å². The van der Waals surface area contributed by atoms with Crippen LogP contribution >= 0.6 is 0 Å². The van der Waals surface area contributed by atoms with Crippen LogP contribution in [0.25, 0.3) is 0 Å². The maximum atomic E-state index is 12.6. The second-order valence-electron chi connectivity index (χ2n) is 6.94. The van der Waals surface area contributed by atoms with Crippen molar-refractivity contribution in [2.24, 2.45) is 0 Å². The van der Waals surface area contributed by atoms with Gasteiger partial charge in [0.2, 0.25) is 5.91 Å². The molecule has 2 N–H and O–H groups in total. The van der Waals surface area contributed by atoms with E-state index in [4.69, 9.17) is 14.6 Å². The summed E-state index contributed by atoms with van der Waals surface area (Å²) in [6, 6.07) is 13.2. The van der Waals surface area contributed by atoms with Gasteiger partial charge in [-0.25, -0.2) is 4.79 Å². The van der Waals surface area contributed by atoms with Crippen LogP contribution < -0.4 is 14.8 Å². The van der Waals surface area contributed by atoms with Gasteiger partial charge in [0, 0.05) is 24.7 Å². The lowest BCUT2D eigenvalue weighted by molar-refractivity contribution is -0.134. The Morgan fingerprint density at radius 3 is 2.33 bits per heavy atom. The summed E-state index contributed by atoms with van der Waals surface area (Å²) in [5.41, 5.74) is 0.655. The van der Waals surface area contributed by atoms with Crippen LogP contribution in [-0.4, -0.2) is 54.1 Å². The number of benzene rings is 2. The first-order valence-electron chi connectivity index (χ1n) is 9.66. The molecule has 0 unspecified atom stereocenters. The van der Waals surface area contributed by atoms with Crippen LogP contribution in [0.4, 0.5) is 5.69 Å². The molecule has 30 heavy (non-hydrogen) atoms. The molecule has 0 atom stereocenters. The van der Waals surface area contributed by atoms with E-state index in [9.17, 15) is 14.4 Å². The zero-order valence-corrected chi connectivity index (χ0v) is 16.7. The van der Waals surface area contributed by atoms with Gasteiger partial charge < -0.3 is 24.8 Å². The lowest BCUT2D eigenvalue weighted by atomic mass is 10.2. The molecule has 0 aliphatic heterocycles. The molecule has 2 amide bonds. The Balaban J connectivity index is 1.50. The molecule has 0 heterocycles. The second kappa shape index (κ2) is 9.78. The van der Waals surface area contributed by atoms with Crippen LogP contribution in [0, 0.1) is 0 Å². The summed E-state index contributed by atoms with van der Waals surface area (Å²) in [6.07, 6.45) is 1.97. The Morgan fingerprint density at radius 1 is 1.07 bits per heavy atom. The number of amides is 2. The van der Waals surface area contributed by atoms with E-state index in [-0.39, 0.29) is 43.0 Å². The molecule has 0 bridgehead atoms. The molecule has 158 valence electrons. The molecule has 1 aliphatic carbocycles. The van der Waals surface area contributed by atoms with Crippen molar-refractivity contribution in [1.82, 2.24) is 4.90 Å². The SMILES string of the molecule is COc1ccccc1OCC(=O)N(CCC(=O)Nc1ccc(C(=O)O)cc1)C1CC1. The molecule has 8 nitrogen and oxygen atoms in total. The predicted octanol–water partition coefficient (Wildman–Crippen LogP) is 2.79. The Kier molecular flexibility index (Phi) is 6.90. The van der Waals surface area contributed by atoms with Crippen LogP contribution in [0.2, 0.25) is 0 Å². The number of carboxylic acid groups (broad SMARTS) is 1. The van der Waals surface area contributed by atoms with Gasteiger partial charge in [0.1, 0.15) is 0 Å². The number of hydrogen-bond acceptors (Lipinski definition) is 5. The number of anilines is 1. The van der Waals surface area contributed by atoms with E-state index < -0.39 is 5.97 Å². The molecule has 1 aliphatic rings. The fourth-order valence-corrected chi connectivity index (χ4v) is 3.00. The molecule has 0 aromatic heterocycles. The van der Waals surface area contributed by atoms with Crippen molar-refractivity contribution in [3.05, 3.63) is 54.1 Å². The van der Waals surface area contributed by atoms with Gasteiger partial charge >= 0.3 is 5.97 Å². The molecule has 0 radical (unpaired) electrons. The lowest BCUT2D eigenvalue weighted by Gasteiger charge is -2.22. The minimum absolute atomic E-state index is 0.130. The van der Waals surface area contributed by atoms with Crippen molar-refractivity contribution >= 4 is 23.5 Å². The fourth-order valence-electron chi connectivity index (χ4n) is 3.00. The predicted molar refractivity (Wildman–Crippen MR) is 110 cm³/mol. The number of rotatable bonds is 10. The molecule has 3 rings (SSSR count). The number of hydrogen-bond donors (Lipinski definition) is 2. The Hall–Kier alpha value is -3.55. The second-order valence-corrected chi connectivity index (χ2v) is 6.94. The minimum atomic E-state index is -1.03. The first-order valence-corrected chi connectivity index (χ1v) is 9.66. The van der Waals surface area contributed by atoms with Gasteiger partial charge in [-0.2, -0.15) is 0 Å². The molecule has 1 fully saturated rings. The summed E-state index contributed by atoms with van der Waals surface area (Å²) < 4.78 is 10.8. The van der Waals surface area contributed by atoms with E-state index >= 15 is 0 Å². The van der Waals surface area contributed by atoms with Gasteiger partial charge in [-0.3, -0.25) is 9.59 Å². The quantitative estimate of drug-likeness (QED) is 0.622. The molecule has 2 aromatic rings. The molecule has 2 aromatic carbocycles. The number of carboxylic acids is 1. The number of methoxy groups -OCH3 is 1. The van der Waals surface area contributed by atoms with E-state index in [1.165, 1.54) is 31.4 Å². The van der Waals surface area contributed by atoms with Crippen molar-refractivity contribution in [3.63, 3.8) is 0 Å². The van der Waals surface area contributed by atoms with E-state index in [0.29, 0.717) is 17.2 Å². The largest absolute Gasteiger partial charge is 0.493 e. The Morgan fingerprint density at radius 2 is 1.73 bits per heavy atom. The highest BCUT2D eigenvalue weighted by molar-refractivity contribution is 5.92. The minimum Gasteiger partial charge on any atom is -0.493 e. The Labute approximate surface area is 174 Å². The van der Waals surface area contributed by atoms with E-state index in [2.05, 4.69) is 5.32 Å². The number of carbonyl (C=O) groups is 3. The maximum Gasteiger partial charge on any atom is 0.335 e. The first kappa shape index (κ1) is 21.2. The van der Waals surface area contributed by atoms with Crippen molar-refractivity contribution in [1.29, 1.82) is 0 Å². The van der Waals surface area contributed by atoms with Gasteiger partial charge in [0.15, 0.2) is 18.1 Å². The normalized spacial score (nSPS) is 12.7. The zero-order valence-electron chi connectivity index (χ0n) is 16.7. The summed E-state index contributed by atoms with van der Waals surface area (Å²) in [5.74, 6) is -0.408. The summed E-state index contributed by atoms with van der Waals surface area (Å²) in [7, 11) is 1.54. The molecular formula is C22H24N2O6. The number of ether oxygens (including phenoxy) is 2. The average Bonchev–Trinajstić information content (AvgIpc) is 3.58.